The van der Waals surface area contributed by atoms with E-state index in [0.29, 0.717) is 6.04 Å². The molecular formula is C17H29N2OPS2. The molecule has 2 aliphatic rings. The summed E-state index contributed by atoms with van der Waals surface area (Å²) in [5.74, 6) is 0.908. The van der Waals surface area contributed by atoms with Gasteiger partial charge in [-0.1, -0.05) is 36.8 Å². The summed E-state index contributed by atoms with van der Waals surface area (Å²) in [4.78, 5) is 0. The van der Waals surface area contributed by atoms with Crippen LogP contribution in [-0.4, -0.2) is 31.4 Å². The van der Waals surface area contributed by atoms with Gasteiger partial charge in [-0.25, -0.2) is 0 Å². The minimum Gasteiger partial charge on any atom is -0.497 e. The van der Waals surface area contributed by atoms with E-state index in [9.17, 15) is 0 Å². The first-order chi connectivity index (χ1) is 11.2. The fourth-order valence-corrected chi connectivity index (χ4v) is 5.40. The van der Waals surface area contributed by atoms with E-state index >= 15 is 0 Å². The van der Waals surface area contributed by atoms with Gasteiger partial charge < -0.3 is 10.1 Å². The molecule has 130 valence electrons. The van der Waals surface area contributed by atoms with Crippen LogP contribution in [0.25, 0.3) is 0 Å². The van der Waals surface area contributed by atoms with Gasteiger partial charge in [-0.3, -0.25) is 4.67 Å². The molecule has 1 aromatic carbocycles. The Morgan fingerprint density at radius 3 is 2.30 bits per heavy atom. The highest BCUT2D eigenvalue weighted by molar-refractivity contribution is 8.55. The summed E-state index contributed by atoms with van der Waals surface area (Å²) in [5.41, 5.74) is 1.34. The summed E-state index contributed by atoms with van der Waals surface area (Å²) in [6.45, 7) is 3.60. The molecule has 1 aromatic rings. The van der Waals surface area contributed by atoms with Crippen molar-refractivity contribution in [1.82, 2.24) is 9.99 Å². The molecule has 3 rings (SSSR count). The topological polar surface area (TPSA) is 24.5 Å². The number of nitrogens with zero attached hydrogens (tertiary/aromatic N) is 1. The highest BCUT2D eigenvalue weighted by Gasteiger charge is 2.24. The molecule has 0 aromatic heterocycles. The Hall–Kier alpha value is -0.0600. The van der Waals surface area contributed by atoms with Crippen molar-refractivity contribution in [2.24, 2.45) is 0 Å². The van der Waals surface area contributed by atoms with E-state index in [2.05, 4.69) is 34.4 Å². The van der Waals surface area contributed by atoms with Crippen molar-refractivity contribution in [1.29, 1.82) is 0 Å². The van der Waals surface area contributed by atoms with E-state index in [0.717, 1.165) is 12.3 Å². The number of piperidine rings is 2. The summed E-state index contributed by atoms with van der Waals surface area (Å²) in [6, 6.07) is 7.74. The van der Waals surface area contributed by atoms with Gasteiger partial charge in [0.1, 0.15) is 5.75 Å². The molecule has 0 spiro atoms. The van der Waals surface area contributed by atoms with Crippen molar-refractivity contribution in [2.45, 2.75) is 44.6 Å². The average molecular weight is 373 g/mol. The lowest BCUT2D eigenvalue weighted by atomic mass is 9.97. The van der Waals surface area contributed by atoms with Gasteiger partial charge in [0.2, 0.25) is 0 Å². The SMILES string of the molecule is C1CCNCC1.COc1ccc(C2CCCCN2[PH](=S)S)cc1. The van der Waals surface area contributed by atoms with E-state index in [1.54, 1.807) is 7.11 Å². The van der Waals surface area contributed by atoms with Crippen LogP contribution in [0.5, 0.6) is 5.75 Å². The Balaban J connectivity index is 0.000000268. The lowest BCUT2D eigenvalue weighted by Crippen LogP contribution is -2.26. The van der Waals surface area contributed by atoms with Crippen molar-refractivity contribution in [3.63, 3.8) is 0 Å². The van der Waals surface area contributed by atoms with Gasteiger partial charge in [-0.05, 0) is 56.5 Å². The van der Waals surface area contributed by atoms with Gasteiger partial charge in [0.25, 0.3) is 0 Å². The minimum absolute atomic E-state index is 0.457. The number of hydrogen-bond donors (Lipinski definition) is 2. The molecule has 0 radical (unpaired) electrons. The second kappa shape index (κ2) is 10.7. The van der Waals surface area contributed by atoms with Gasteiger partial charge in [0.15, 0.2) is 0 Å². The van der Waals surface area contributed by atoms with Gasteiger partial charge in [-0.15, -0.1) is 12.2 Å². The first-order valence-electron chi connectivity index (χ1n) is 8.56. The molecular weight excluding hydrogens is 343 g/mol. The van der Waals surface area contributed by atoms with E-state index in [1.807, 2.05) is 12.1 Å². The van der Waals surface area contributed by atoms with Crippen molar-refractivity contribution >= 4 is 30.1 Å². The Morgan fingerprint density at radius 2 is 1.83 bits per heavy atom. The first-order valence-corrected chi connectivity index (χ1v) is 12.4. The van der Waals surface area contributed by atoms with Crippen LogP contribution in [0, 0.1) is 0 Å². The maximum absolute atomic E-state index is 5.39. The maximum atomic E-state index is 5.39. The summed E-state index contributed by atoms with van der Waals surface area (Å²) < 4.78 is 7.59. The zero-order valence-electron chi connectivity index (χ0n) is 14.0. The zero-order chi connectivity index (χ0) is 16.5. The van der Waals surface area contributed by atoms with Crippen LogP contribution in [0.3, 0.4) is 0 Å². The standard InChI is InChI=1S/C12H18NOPS2.C5H11N/c1-14-11-7-5-10(6-8-11)12-4-2-3-9-13(12)15(16)17;1-2-4-6-5-3-1/h5-8,12,15H,2-4,9H2,1H3,(H,16,17);6H,1-5H2. The number of rotatable bonds is 3. The maximum Gasteiger partial charge on any atom is 0.118 e. The number of methoxy groups -OCH3 is 1. The molecule has 1 N–H and O–H groups in total. The fraction of sp³-hybridized carbons (Fsp3) is 0.647. The van der Waals surface area contributed by atoms with Crippen LogP contribution in [0.15, 0.2) is 24.3 Å². The minimum atomic E-state index is -1.07. The Morgan fingerprint density at radius 1 is 1.13 bits per heavy atom. The smallest absolute Gasteiger partial charge is 0.118 e. The molecule has 2 aliphatic heterocycles. The predicted molar refractivity (Wildman–Crippen MR) is 108 cm³/mol. The zero-order valence-corrected chi connectivity index (χ0v) is 16.7. The number of ether oxygens (including phenoxy) is 1. The van der Waals surface area contributed by atoms with E-state index < -0.39 is 6.05 Å². The van der Waals surface area contributed by atoms with Crippen LogP contribution < -0.4 is 10.1 Å². The molecule has 2 unspecified atom stereocenters. The van der Waals surface area contributed by atoms with Crippen molar-refractivity contribution < 1.29 is 4.74 Å². The average Bonchev–Trinajstić information content (AvgIpc) is 2.64. The number of hydrogen-bond acceptors (Lipinski definition) is 3. The van der Waals surface area contributed by atoms with Crippen LogP contribution in [-0.2, 0) is 11.8 Å². The number of benzene rings is 1. The van der Waals surface area contributed by atoms with Gasteiger partial charge in [0.05, 0.1) is 13.2 Å². The lowest BCUT2D eigenvalue weighted by molar-refractivity contribution is 0.276. The second-order valence-electron chi connectivity index (χ2n) is 6.07. The quantitative estimate of drug-likeness (QED) is 0.606. The van der Waals surface area contributed by atoms with E-state index in [-0.39, 0.29) is 0 Å². The van der Waals surface area contributed by atoms with Crippen LogP contribution in [0.4, 0.5) is 0 Å². The highest BCUT2D eigenvalue weighted by atomic mass is 32.9. The van der Waals surface area contributed by atoms with E-state index in [4.69, 9.17) is 16.5 Å². The molecule has 2 heterocycles. The van der Waals surface area contributed by atoms with Crippen LogP contribution in [0.1, 0.15) is 50.1 Å². The van der Waals surface area contributed by atoms with Crippen LogP contribution >= 0.6 is 18.3 Å². The van der Waals surface area contributed by atoms with Crippen molar-refractivity contribution in [3.05, 3.63) is 29.8 Å². The second-order valence-corrected chi connectivity index (χ2v) is 10.5. The normalized spacial score (nSPS) is 23.5. The molecule has 2 atom stereocenters. The third-order valence-electron chi connectivity index (χ3n) is 4.46. The molecule has 0 bridgehead atoms. The largest absolute Gasteiger partial charge is 0.497 e. The van der Waals surface area contributed by atoms with Gasteiger partial charge >= 0.3 is 0 Å². The van der Waals surface area contributed by atoms with Gasteiger partial charge in [-0.2, -0.15) is 0 Å². The molecule has 0 saturated carbocycles. The Bertz CT molecular complexity index is 468. The molecule has 0 amide bonds. The Kier molecular flexibility index (Phi) is 8.99. The molecule has 6 heteroatoms. The first kappa shape index (κ1) is 19.3. The predicted octanol–water partition coefficient (Wildman–Crippen LogP) is 4.42. The fourth-order valence-electron chi connectivity index (χ4n) is 3.13. The van der Waals surface area contributed by atoms with Crippen molar-refractivity contribution in [3.8, 4) is 5.75 Å². The molecule has 2 fully saturated rings. The van der Waals surface area contributed by atoms with Crippen LogP contribution in [0.2, 0.25) is 0 Å². The molecule has 2 saturated heterocycles. The Labute approximate surface area is 151 Å². The molecule has 23 heavy (non-hydrogen) atoms. The van der Waals surface area contributed by atoms with Crippen molar-refractivity contribution in [2.75, 3.05) is 26.7 Å². The van der Waals surface area contributed by atoms with E-state index in [1.165, 1.54) is 57.2 Å². The molecule has 0 aliphatic carbocycles. The third-order valence-corrected chi connectivity index (χ3v) is 6.96. The number of thiol groups is 1. The highest BCUT2D eigenvalue weighted by Crippen LogP contribution is 2.44. The van der Waals surface area contributed by atoms with Gasteiger partial charge in [0, 0.05) is 12.6 Å². The summed E-state index contributed by atoms with van der Waals surface area (Å²) in [7, 11) is 1.69. The summed E-state index contributed by atoms with van der Waals surface area (Å²) in [6.07, 6.45) is 7.94. The summed E-state index contributed by atoms with van der Waals surface area (Å²) in [5, 5.41) is 3.28. The number of nitrogens with one attached hydrogen (secondary N) is 1. The third kappa shape index (κ3) is 6.39. The summed E-state index contributed by atoms with van der Waals surface area (Å²) >= 11 is 9.90. The lowest BCUT2D eigenvalue weighted by Gasteiger charge is -2.35. The monoisotopic (exact) mass is 372 g/mol. The molecule has 3 nitrogen and oxygen atoms in total.